The highest BCUT2D eigenvalue weighted by Gasteiger charge is 2.40. The third kappa shape index (κ3) is 2.64. The van der Waals surface area contributed by atoms with Gasteiger partial charge in [-0.3, -0.25) is 4.68 Å². The summed E-state index contributed by atoms with van der Waals surface area (Å²) in [5.41, 5.74) is 2.57. The minimum absolute atomic E-state index is 0.185. The fraction of sp³-hybridized carbons (Fsp3) is 0.800. The fourth-order valence-corrected chi connectivity index (χ4v) is 3.65. The van der Waals surface area contributed by atoms with Gasteiger partial charge in [-0.15, -0.1) is 0 Å². The Balaban J connectivity index is 1.69. The lowest BCUT2D eigenvalue weighted by atomic mass is 9.89. The largest absolute Gasteiger partial charge is 0.379 e. The smallest absolute Gasteiger partial charge is 0.0853 e. The molecule has 4 heteroatoms. The molecule has 1 aliphatic carbocycles. The number of nitrogens with one attached hydrogen (secondary N) is 1. The molecule has 0 bridgehead atoms. The molecule has 1 aliphatic heterocycles. The molecule has 1 saturated carbocycles. The zero-order valence-corrected chi connectivity index (χ0v) is 12.1. The maximum Gasteiger partial charge on any atom is 0.0853 e. The first-order valence-electron chi connectivity index (χ1n) is 7.64. The predicted molar refractivity (Wildman–Crippen MR) is 76.4 cm³/mol. The van der Waals surface area contributed by atoms with Gasteiger partial charge in [0, 0.05) is 25.9 Å². The van der Waals surface area contributed by atoms with Crippen LogP contribution in [-0.4, -0.2) is 28.0 Å². The Bertz CT molecular complexity index is 435. The quantitative estimate of drug-likeness (QED) is 0.911. The van der Waals surface area contributed by atoms with E-state index < -0.39 is 0 Å². The van der Waals surface area contributed by atoms with Crippen LogP contribution in [-0.2, 0) is 18.2 Å². The van der Waals surface area contributed by atoms with E-state index in [0.717, 1.165) is 25.9 Å². The Kier molecular flexibility index (Phi) is 3.52. The first-order valence-corrected chi connectivity index (χ1v) is 7.64. The average Bonchev–Trinajstić information content (AvgIpc) is 2.97. The molecule has 3 rings (SSSR count). The number of anilines is 1. The average molecular weight is 263 g/mol. The first kappa shape index (κ1) is 13.0. The molecule has 1 saturated heterocycles. The molecule has 2 aliphatic rings. The van der Waals surface area contributed by atoms with E-state index in [9.17, 15) is 0 Å². The second-order valence-electron chi connectivity index (χ2n) is 6.09. The zero-order valence-electron chi connectivity index (χ0n) is 12.1. The Labute approximate surface area is 115 Å². The molecule has 0 amide bonds. The molecule has 1 unspecified atom stereocenters. The first-order chi connectivity index (χ1) is 9.21. The Morgan fingerprint density at radius 2 is 2.26 bits per heavy atom. The van der Waals surface area contributed by atoms with Crippen LogP contribution < -0.4 is 5.32 Å². The highest BCUT2D eigenvalue weighted by atomic mass is 16.5. The lowest BCUT2D eigenvalue weighted by molar-refractivity contribution is -0.0767. The summed E-state index contributed by atoms with van der Waals surface area (Å²) >= 11 is 0. The van der Waals surface area contributed by atoms with Crippen molar-refractivity contribution in [1.82, 2.24) is 9.78 Å². The molecule has 1 N–H and O–H groups in total. The van der Waals surface area contributed by atoms with Crippen LogP contribution in [0.2, 0.25) is 0 Å². The van der Waals surface area contributed by atoms with Gasteiger partial charge in [0.05, 0.1) is 17.0 Å². The van der Waals surface area contributed by atoms with E-state index in [-0.39, 0.29) is 5.60 Å². The second-order valence-corrected chi connectivity index (χ2v) is 6.09. The lowest BCUT2D eigenvalue weighted by Crippen LogP contribution is -2.42. The number of nitrogens with zero attached hydrogens (tertiary/aromatic N) is 2. The van der Waals surface area contributed by atoms with Crippen molar-refractivity contribution in [1.29, 1.82) is 0 Å². The van der Waals surface area contributed by atoms with Gasteiger partial charge in [0.25, 0.3) is 0 Å². The fourth-order valence-electron chi connectivity index (χ4n) is 3.65. The highest BCUT2D eigenvalue weighted by molar-refractivity contribution is 5.47. The van der Waals surface area contributed by atoms with Crippen LogP contribution >= 0.6 is 0 Å². The number of ether oxygens (including phenoxy) is 1. The standard InChI is InChI=1S/C15H25N3O/c1-3-13-14(11-18(2)17-13)16-12-6-9-19-15(10-12)7-4-5-8-15/h11-12,16H,3-10H2,1-2H3. The minimum Gasteiger partial charge on any atom is -0.379 e. The van der Waals surface area contributed by atoms with Gasteiger partial charge in [-0.1, -0.05) is 19.8 Å². The van der Waals surface area contributed by atoms with E-state index in [4.69, 9.17) is 4.74 Å². The SMILES string of the molecule is CCc1nn(C)cc1NC1CCOC2(CCCC2)C1. The molecular weight excluding hydrogens is 238 g/mol. The van der Waals surface area contributed by atoms with Crippen LogP contribution in [0.15, 0.2) is 6.20 Å². The number of rotatable bonds is 3. The van der Waals surface area contributed by atoms with E-state index in [0.29, 0.717) is 6.04 Å². The summed E-state index contributed by atoms with van der Waals surface area (Å²) in [6.45, 7) is 3.06. The molecule has 1 aromatic heterocycles. The van der Waals surface area contributed by atoms with Crippen molar-refractivity contribution in [3.05, 3.63) is 11.9 Å². The van der Waals surface area contributed by atoms with Crippen molar-refractivity contribution in [3.8, 4) is 0 Å². The van der Waals surface area contributed by atoms with Crippen LogP contribution in [0.25, 0.3) is 0 Å². The molecule has 0 aromatic carbocycles. The van der Waals surface area contributed by atoms with Crippen molar-refractivity contribution in [2.75, 3.05) is 11.9 Å². The van der Waals surface area contributed by atoms with Gasteiger partial charge in [-0.25, -0.2) is 0 Å². The highest BCUT2D eigenvalue weighted by Crippen LogP contribution is 2.40. The maximum atomic E-state index is 6.10. The third-order valence-electron chi connectivity index (χ3n) is 4.61. The van der Waals surface area contributed by atoms with E-state index in [2.05, 4.69) is 23.5 Å². The number of aromatic nitrogens is 2. The van der Waals surface area contributed by atoms with Crippen molar-refractivity contribution in [2.45, 2.75) is 63.5 Å². The summed E-state index contributed by atoms with van der Waals surface area (Å²) in [7, 11) is 1.99. The molecule has 2 fully saturated rings. The molecule has 4 nitrogen and oxygen atoms in total. The van der Waals surface area contributed by atoms with Gasteiger partial charge >= 0.3 is 0 Å². The van der Waals surface area contributed by atoms with Crippen LogP contribution in [0.1, 0.15) is 51.1 Å². The Morgan fingerprint density at radius 3 is 3.00 bits per heavy atom. The van der Waals surface area contributed by atoms with Crippen molar-refractivity contribution >= 4 is 5.69 Å². The molecular formula is C15H25N3O. The molecule has 2 heterocycles. The van der Waals surface area contributed by atoms with Gasteiger partial charge in [-0.05, 0) is 32.1 Å². The number of aryl methyl sites for hydroxylation is 2. The molecule has 1 spiro atoms. The van der Waals surface area contributed by atoms with Crippen molar-refractivity contribution in [2.24, 2.45) is 7.05 Å². The second kappa shape index (κ2) is 5.16. The van der Waals surface area contributed by atoms with Gasteiger partial charge in [0.15, 0.2) is 0 Å². The zero-order chi connectivity index (χ0) is 13.3. The summed E-state index contributed by atoms with van der Waals surface area (Å²) in [4.78, 5) is 0. The minimum atomic E-state index is 0.185. The Morgan fingerprint density at radius 1 is 1.47 bits per heavy atom. The lowest BCUT2D eigenvalue weighted by Gasteiger charge is -2.38. The van der Waals surface area contributed by atoms with Crippen LogP contribution in [0.5, 0.6) is 0 Å². The number of hydrogen-bond donors (Lipinski definition) is 1. The molecule has 1 aromatic rings. The third-order valence-corrected chi connectivity index (χ3v) is 4.61. The van der Waals surface area contributed by atoms with Crippen LogP contribution in [0.3, 0.4) is 0 Å². The monoisotopic (exact) mass is 263 g/mol. The molecule has 19 heavy (non-hydrogen) atoms. The van der Waals surface area contributed by atoms with E-state index in [1.165, 1.54) is 37.1 Å². The molecule has 1 atom stereocenters. The molecule has 106 valence electrons. The van der Waals surface area contributed by atoms with E-state index >= 15 is 0 Å². The van der Waals surface area contributed by atoms with E-state index in [1.54, 1.807) is 0 Å². The number of hydrogen-bond acceptors (Lipinski definition) is 3. The van der Waals surface area contributed by atoms with Crippen molar-refractivity contribution < 1.29 is 4.74 Å². The summed E-state index contributed by atoms with van der Waals surface area (Å²) in [5.74, 6) is 0. The Hall–Kier alpha value is -1.03. The summed E-state index contributed by atoms with van der Waals surface area (Å²) < 4.78 is 8.00. The van der Waals surface area contributed by atoms with Crippen molar-refractivity contribution in [3.63, 3.8) is 0 Å². The summed E-state index contributed by atoms with van der Waals surface area (Å²) in [6.07, 6.45) is 10.5. The van der Waals surface area contributed by atoms with Crippen LogP contribution in [0.4, 0.5) is 5.69 Å². The normalized spacial score (nSPS) is 25.9. The molecule has 0 radical (unpaired) electrons. The van der Waals surface area contributed by atoms with Gasteiger partial charge in [-0.2, -0.15) is 5.10 Å². The predicted octanol–water partition coefficient (Wildman–Crippen LogP) is 2.89. The van der Waals surface area contributed by atoms with Crippen LogP contribution in [0, 0.1) is 0 Å². The van der Waals surface area contributed by atoms with E-state index in [1.807, 2.05) is 11.7 Å². The van der Waals surface area contributed by atoms with Gasteiger partial charge < -0.3 is 10.1 Å². The van der Waals surface area contributed by atoms with Gasteiger partial charge in [0.1, 0.15) is 0 Å². The topological polar surface area (TPSA) is 39.1 Å². The maximum absolute atomic E-state index is 6.10. The summed E-state index contributed by atoms with van der Waals surface area (Å²) in [5, 5.41) is 8.22. The summed E-state index contributed by atoms with van der Waals surface area (Å²) in [6, 6.07) is 0.543. The van der Waals surface area contributed by atoms with Gasteiger partial charge in [0.2, 0.25) is 0 Å².